The number of aromatic hydroxyl groups is 2. The zero-order chi connectivity index (χ0) is 18.7. The van der Waals surface area contributed by atoms with Crippen molar-refractivity contribution in [3.8, 4) is 11.5 Å². The third-order valence-electron chi connectivity index (χ3n) is 5.05. The fourth-order valence-electron chi connectivity index (χ4n) is 3.81. The van der Waals surface area contributed by atoms with E-state index in [1.807, 2.05) is 0 Å². The smallest absolute Gasteiger partial charge is 0.328 e. The molecular weight excluding hydrogens is 346 g/mol. The van der Waals surface area contributed by atoms with Crippen LogP contribution in [0.2, 0.25) is 0 Å². The van der Waals surface area contributed by atoms with Crippen molar-refractivity contribution < 1.29 is 20.1 Å². The number of benzene rings is 2. The van der Waals surface area contributed by atoms with E-state index in [-0.39, 0.29) is 17.9 Å². The lowest BCUT2D eigenvalue weighted by atomic mass is 9.96. The molecule has 0 saturated heterocycles. The van der Waals surface area contributed by atoms with Gasteiger partial charge in [-0.1, -0.05) is 0 Å². The highest BCUT2D eigenvalue weighted by molar-refractivity contribution is 6.26. The van der Waals surface area contributed by atoms with Gasteiger partial charge in [0.25, 0.3) is 0 Å². The molecule has 3 heterocycles. The molecule has 0 saturated carbocycles. The number of fused-ring (bicyclic) bond motifs is 1. The van der Waals surface area contributed by atoms with Crippen LogP contribution in [-0.4, -0.2) is 43.0 Å². The number of nitrogens with one attached hydrogen (secondary N) is 2. The Morgan fingerprint density at radius 2 is 1.85 bits per heavy atom. The Morgan fingerprint density at radius 3 is 2.67 bits per heavy atom. The van der Waals surface area contributed by atoms with E-state index in [4.69, 9.17) is 0 Å². The van der Waals surface area contributed by atoms with Crippen molar-refractivity contribution in [3.63, 3.8) is 0 Å². The van der Waals surface area contributed by atoms with Crippen LogP contribution in [0.4, 0.5) is 0 Å². The Morgan fingerprint density at radius 1 is 1.07 bits per heavy atom. The lowest BCUT2D eigenvalue weighted by Crippen LogP contribution is -2.21. The van der Waals surface area contributed by atoms with Crippen LogP contribution in [0.3, 0.4) is 0 Å². The van der Waals surface area contributed by atoms with Crippen molar-refractivity contribution in [1.82, 2.24) is 9.97 Å². The van der Waals surface area contributed by atoms with Crippen molar-refractivity contribution in [2.75, 3.05) is 0 Å². The van der Waals surface area contributed by atoms with Crippen molar-refractivity contribution in [2.45, 2.75) is 12.5 Å². The summed E-state index contributed by atoms with van der Waals surface area (Å²) in [6.07, 6.45) is 3.71. The molecule has 5 rings (SSSR count). The summed E-state index contributed by atoms with van der Waals surface area (Å²) >= 11 is 0. The molecule has 7 heteroatoms. The number of carboxylic acids is 1. The summed E-state index contributed by atoms with van der Waals surface area (Å²) in [4.78, 5) is 22.6. The standard InChI is InChI=1S/C20H15N3O4/c24-10-1-2-13-11(6-10)12(8-22-13)19-18-16(25)4-3-14-17(18)9(7-21-14)5-15(23-19)20(26)27/h1-4,6-8,15,21-22,24-25H,5H2,(H,26,27). The van der Waals surface area contributed by atoms with E-state index >= 15 is 0 Å². The molecular formula is C20H15N3O4. The van der Waals surface area contributed by atoms with Crippen LogP contribution in [0.1, 0.15) is 16.7 Å². The first kappa shape index (κ1) is 15.5. The minimum Gasteiger partial charge on any atom is -0.508 e. The van der Waals surface area contributed by atoms with Crippen molar-refractivity contribution >= 4 is 33.5 Å². The summed E-state index contributed by atoms with van der Waals surface area (Å²) in [6.45, 7) is 0. The zero-order valence-corrected chi connectivity index (χ0v) is 14.0. The predicted molar refractivity (Wildman–Crippen MR) is 101 cm³/mol. The molecule has 134 valence electrons. The number of hydrogen-bond donors (Lipinski definition) is 5. The van der Waals surface area contributed by atoms with Crippen molar-refractivity contribution in [3.05, 3.63) is 59.4 Å². The number of carboxylic acid groups (broad SMARTS) is 1. The second kappa shape index (κ2) is 5.38. The molecule has 1 aliphatic heterocycles. The van der Waals surface area contributed by atoms with E-state index in [9.17, 15) is 20.1 Å². The van der Waals surface area contributed by atoms with Gasteiger partial charge in [-0.25, -0.2) is 4.79 Å². The monoisotopic (exact) mass is 361 g/mol. The number of nitrogens with zero attached hydrogens (tertiary/aromatic N) is 1. The van der Waals surface area contributed by atoms with Gasteiger partial charge < -0.3 is 25.3 Å². The summed E-state index contributed by atoms with van der Waals surface area (Å²) in [5, 5.41) is 31.6. The van der Waals surface area contributed by atoms with Gasteiger partial charge in [-0.15, -0.1) is 0 Å². The van der Waals surface area contributed by atoms with Crippen LogP contribution >= 0.6 is 0 Å². The fraction of sp³-hybridized carbons (Fsp3) is 0.100. The summed E-state index contributed by atoms with van der Waals surface area (Å²) in [7, 11) is 0. The lowest BCUT2D eigenvalue weighted by Gasteiger charge is -2.11. The quantitative estimate of drug-likeness (QED) is 0.377. The van der Waals surface area contributed by atoms with E-state index in [1.54, 1.807) is 42.7 Å². The molecule has 27 heavy (non-hydrogen) atoms. The highest BCUT2D eigenvalue weighted by Crippen LogP contribution is 2.37. The molecule has 1 aliphatic rings. The minimum absolute atomic E-state index is 0.0302. The van der Waals surface area contributed by atoms with E-state index in [0.29, 0.717) is 22.2 Å². The Labute approximate surface area is 152 Å². The third kappa shape index (κ3) is 2.21. The molecule has 1 unspecified atom stereocenters. The van der Waals surface area contributed by atoms with E-state index in [0.717, 1.165) is 22.0 Å². The molecule has 2 aromatic heterocycles. The van der Waals surface area contributed by atoms with Gasteiger partial charge in [-0.05, 0) is 35.9 Å². The third-order valence-corrected chi connectivity index (χ3v) is 5.05. The maximum absolute atomic E-state index is 11.8. The van der Waals surface area contributed by atoms with Gasteiger partial charge in [0.05, 0.1) is 11.3 Å². The SMILES string of the molecule is O=C(O)C1Cc2c[nH]c3ccc(O)c(c23)C(c2c[nH]c3ccc(O)cc23)=N1. The summed E-state index contributed by atoms with van der Waals surface area (Å²) in [5.41, 5.74) is 3.90. The number of phenols is 2. The maximum atomic E-state index is 11.8. The number of aromatic amines is 2. The van der Waals surface area contributed by atoms with E-state index in [2.05, 4.69) is 15.0 Å². The molecule has 1 atom stereocenters. The van der Waals surface area contributed by atoms with Gasteiger partial charge in [0.15, 0.2) is 6.04 Å². The van der Waals surface area contributed by atoms with E-state index in [1.165, 1.54) is 0 Å². The van der Waals surface area contributed by atoms with E-state index < -0.39 is 12.0 Å². The van der Waals surface area contributed by atoms with Crippen LogP contribution < -0.4 is 0 Å². The molecule has 0 spiro atoms. The zero-order valence-electron chi connectivity index (χ0n) is 14.0. The Bertz CT molecular complexity index is 1270. The number of aromatic nitrogens is 2. The number of hydrogen-bond acceptors (Lipinski definition) is 4. The van der Waals surface area contributed by atoms with Crippen LogP contribution in [-0.2, 0) is 11.2 Å². The number of phenolic OH excluding ortho intramolecular Hbond substituents is 2. The molecule has 7 nitrogen and oxygen atoms in total. The van der Waals surface area contributed by atoms with Crippen LogP contribution in [0.5, 0.6) is 11.5 Å². The number of aliphatic imine (C=N–C) groups is 1. The van der Waals surface area contributed by atoms with Gasteiger partial charge in [0, 0.05) is 46.2 Å². The van der Waals surface area contributed by atoms with Crippen LogP contribution in [0, 0.1) is 0 Å². The van der Waals surface area contributed by atoms with Crippen molar-refractivity contribution in [1.29, 1.82) is 0 Å². The Balaban J connectivity index is 1.89. The first-order chi connectivity index (χ1) is 13.0. The highest BCUT2D eigenvalue weighted by Gasteiger charge is 2.29. The summed E-state index contributed by atoms with van der Waals surface area (Å²) in [6, 6.07) is 7.26. The van der Waals surface area contributed by atoms with Gasteiger partial charge in [-0.2, -0.15) is 0 Å². The summed E-state index contributed by atoms with van der Waals surface area (Å²) in [5.74, 6) is -0.906. The number of carbonyl (C=O) groups is 1. The number of rotatable bonds is 2. The minimum atomic E-state index is -1.03. The normalized spacial score (nSPS) is 16.4. The average molecular weight is 361 g/mol. The molecule has 0 fully saturated rings. The molecule has 0 radical (unpaired) electrons. The fourth-order valence-corrected chi connectivity index (χ4v) is 3.81. The van der Waals surface area contributed by atoms with Gasteiger partial charge >= 0.3 is 5.97 Å². The average Bonchev–Trinajstić information content (AvgIpc) is 3.18. The second-order valence-electron chi connectivity index (χ2n) is 6.66. The lowest BCUT2D eigenvalue weighted by molar-refractivity contribution is -0.138. The number of H-pyrrole nitrogens is 2. The molecule has 0 amide bonds. The second-order valence-corrected chi connectivity index (χ2v) is 6.66. The van der Waals surface area contributed by atoms with Crippen molar-refractivity contribution in [2.24, 2.45) is 4.99 Å². The molecule has 4 aromatic rings. The summed E-state index contributed by atoms with van der Waals surface area (Å²) < 4.78 is 0. The topological polar surface area (TPSA) is 122 Å². The molecule has 0 aliphatic carbocycles. The van der Waals surface area contributed by atoms with Crippen LogP contribution in [0.25, 0.3) is 21.8 Å². The highest BCUT2D eigenvalue weighted by atomic mass is 16.4. The molecule has 2 aromatic carbocycles. The maximum Gasteiger partial charge on any atom is 0.328 e. The molecule has 5 N–H and O–H groups in total. The Hall–Kier alpha value is -3.74. The van der Waals surface area contributed by atoms with Gasteiger partial charge in [-0.3, -0.25) is 4.99 Å². The first-order valence-electron chi connectivity index (χ1n) is 8.46. The van der Waals surface area contributed by atoms with Crippen LogP contribution in [0.15, 0.2) is 47.7 Å². The van der Waals surface area contributed by atoms with Gasteiger partial charge in [0.2, 0.25) is 0 Å². The first-order valence-corrected chi connectivity index (χ1v) is 8.46. The number of aliphatic carboxylic acids is 1. The molecule has 0 bridgehead atoms. The van der Waals surface area contributed by atoms with Gasteiger partial charge in [0.1, 0.15) is 11.5 Å². The predicted octanol–water partition coefficient (Wildman–Crippen LogP) is 2.91. The largest absolute Gasteiger partial charge is 0.508 e. The Kier molecular flexibility index (Phi) is 3.09.